The lowest BCUT2D eigenvalue weighted by molar-refractivity contribution is -0.900. The molecule has 1 heterocycles. The van der Waals surface area contributed by atoms with Crippen LogP contribution in [-0.2, 0) is 0 Å². The fourth-order valence-electron chi connectivity index (χ4n) is 3.80. The standard InChI is InChI=1S/C20H24NSi/c1-3-14-21(2)15-17-22(18-16-21,19-10-6-4-7-11-19)20-12-8-5-9-13-20/h1,4-13H,14-18H2,2H3/q+1. The van der Waals surface area contributed by atoms with Gasteiger partial charge in [-0.3, -0.25) is 0 Å². The Morgan fingerprint density at radius 3 is 1.77 bits per heavy atom. The average Bonchev–Trinajstić information content (AvgIpc) is 2.58. The monoisotopic (exact) mass is 306 g/mol. The fraction of sp³-hybridized carbons (Fsp3) is 0.300. The summed E-state index contributed by atoms with van der Waals surface area (Å²) in [5.41, 5.74) is 0. The molecule has 0 amide bonds. The van der Waals surface area contributed by atoms with E-state index in [0.29, 0.717) is 0 Å². The second-order valence-corrected chi connectivity index (χ2v) is 11.1. The van der Waals surface area contributed by atoms with E-state index in [-0.39, 0.29) is 0 Å². The lowest BCUT2D eigenvalue weighted by atomic mass is 10.3. The van der Waals surface area contributed by atoms with Crippen molar-refractivity contribution < 1.29 is 4.48 Å². The van der Waals surface area contributed by atoms with Crippen LogP contribution in [0.2, 0.25) is 12.1 Å². The van der Waals surface area contributed by atoms with Gasteiger partial charge in [-0.25, -0.2) is 0 Å². The molecule has 3 rings (SSSR count). The molecule has 0 atom stereocenters. The molecule has 0 bridgehead atoms. The first-order valence-electron chi connectivity index (χ1n) is 8.07. The van der Waals surface area contributed by atoms with Crippen LogP contribution in [0, 0.1) is 12.3 Å². The van der Waals surface area contributed by atoms with Crippen molar-refractivity contribution in [2.75, 3.05) is 26.7 Å². The smallest absolute Gasteiger partial charge is 0.140 e. The normalized spacial score (nSPS) is 19.3. The molecule has 22 heavy (non-hydrogen) atoms. The molecular weight excluding hydrogens is 282 g/mol. The van der Waals surface area contributed by atoms with Gasteiger partial charge in [0.05, 0.1) is 20.1 Å². The zero-order chi connectivity index (χ0) is 15.5. The van der Waals surface area contributed by atoms with Gasteiger partial charge in [0.25, 0.3) is 0 Å². The highest BCUT2D eigenvalue weighted by Crippen LogP contribution is 2.26. The van der Waals surface area contributed by atoms with Crippen molar-refractivity contribution in [2.45, 2.75) is 12.1 Å². The fourth-order valence-corrected chi connectivity index (χ4v) is 9.04. The summed E-state index contributed by atoms with van der Waals surface area (Å²) >= 11 is 0. The molecule has 0 aromatic heterocycles. The predicted octanol–water partition coefficient (Wildman–Crippen LogP) is 2.34. The van der Waals surface area contributed by atoms with Crippen LogP contribution >= 0.6 is 0 Å². The Labute approximate surface area is 135 Å². The quantitative estimate of drug-likeness (QED) is 0.464. The maximum Gasteiger partial charge on any atom is 0.140 e. The number of hydrogen-bond donors (Lipinski definition) is 0. The molecule has 0 N–H and O–H groups in total. The third-order valence-corrected chi connectivity index (χ3v) is 10.3. The van der Waals surface area contributed by atoms with Crippen LogP contribution in [0.5, 0.6) is 0 Å². The molecule has 1 fully saturated rings. The lowest BCUT2D eigenvalue weighted by Gasteiger charge is -2.45. The maximum atomic E-state index is 5.58. The summed E-state index contributed by atoms with van der Waals surface area (Å²) in [7, 11) is 0.677. The summed E-state index contributed by atoms with van der Waals surface area (Å²) in [4.78, 5) is 0. The highest BCUT2D eigenvalue weighted by atomic mass is 28.3. The summed E-state index contributed by atoms with van der Waals surface area (Å²) in [5.74, 6) is 2.87. The summed E-state index contributed by atoms with van der Waals surface area (Å²) in [6.07, 6.45) is 5.58. The Morgan fingerprint density at radius 1 is 0.909 bits per heavy atom. The van der Waals surface area contributed by atoms with Crippen molar-refractivity contribution in [3.63, 3.8) is 0 Å². The molecule has 2 heteroatoms. The highest BCUT2D eigenvalue weighted by Gasteiger charge is 2.44. The van der Waals surface area contributed by atoms with E-state index < -0.39 is 8.07 Å². The van der Waals surface area contributed by atoms with Crippen LogP contribution in [0.15, 0.2) is 60.7 Å². The molecule has 0 saturated carbocycles. The largest absolute Gasteiger partial charge is 0.316 e. The van der Waals surface area contributed by atoms with Gasteiger partial charge in [-0.05, 0) is 5.92 Å². The predicted molar refractivity (Wildman–Crippen MR) is 97.1 cm³/mol. The van der Waals surface area contributed by atoms with Gasteiger partial charge in [0.1, 0.15) is 14.6 Å². The molecule has 0 aliphatic carbocycles. The first kappa shape index (κ1) is 15.1. The molecule has 1 saturated heterocycles. The van der Waals surface area contributed by atoms with Gasteiger partial charge in [-0.1, -0.05) is 71.0 Å². The van der Waals surface area contributed by atoms with Gasteiger partial charge >= 0.3 is 0 Å². The van der Waals surface area contributed by atoms with Gasteiger partial charge in [0, 0.05) is 12.1 Å². The third kappa shape index (κ3) is 2.75. The van der Waals surface area contributed by atoms with Gasteiger partial charge in [-0.2, -0.15) is 0 Å². The van der Waals surface area contributed by atoms with E-state index in [1.165, 1.54) is 25.2 Å². The minimum Gasteiger partial charge on any atom is -0.316 e. The summed E-state index contributed by atoms with van der Waals surface area (Å²) in [6.45, 7) is 3.24. The molecule has 1 nitrogen and oxygen atoms in total. The zero-order valence-electron chi connectivity index (χ0n) is 13.3. The van der Waals surface area contributed by atoms with Crippen molar-refractivity contribution in [3.8, 4) is 12.3 Å². The minimum absolute atomic E-state index is 0.855. The number of nitrogens with zero attached hydrogens (tertiary/aromatic N) is 1. The number of hydrogen-bond acceptors (Lipinski definition) is 0. The molecule has 1 aliphatic heterocycles. The van der Waals surface area contributed by atoms with E-state index in [0.717, 1.165) is 11.0 Å². The van der Waals surface area contributed by atoms with Gasteiger partial charge < -0.3 is 4.48 Å². The van der Waals surface area contributed by atoms with E-state index in [1.807, 2.05) is 0 Å². The molecule has 0 spiro atoms. The van der Waals surface area contributed by atoms with E-state index in [9.17, 15) is 0 Å². The average molecular weight is 307 g/mol. The maximum absolute atomic E-state index is 5.58. The van der Waals surface area contributed by atoms with Crippen molar-refractivity contribution in [1.82, 2.24) is 0 Å². The van der Waals surface area contributed by atoms with Crippen molar-refractivity contribution in [1.29, 1.82) is 0 Å². The Kier molecular flexibility index (Phi) is 4.20. The minimum atomic E-state index is -1.64. The zero-order valence-corrected chi connectivity index (χ0v) is 14.3. The Balaban J connectivity index is 1.99. The lowest BCUT2D eigenvalue weighted by Crippen LogP contribution is -2.66. The topological polar surface area (TPSA) is 0 Å². The van der Waals surface area contributed by atoms with Gasteiger partial charge in [0.2, 0.25) is 0 Å². The van der Waals surface area contributed by atoms with Crippen molar-refractivity contribution >= 4 is 18.4 Å². The van der Waals surface area contributed by atoms with Crippen LogP contribution in [0.3, 0.4) is 0 Å². The molecular formula is C20H24NSi+. The Morgan fingerprint density at radius 2 is 1.36 bits per heavy atom. The van der Waals surface area contributed by atoms with E-state index in [1.54, 1.807) is 10.4 Å². The summed E-state index contributed by atoms with van der Waals surface area (Å²) in [5, 5.41) is 3.15. The number of quaternary nitrogens is 1. The van der Waals surface area contributed by atoms with Crippen LogP contribution in [0.4, 0.5) is 0 Å². The molecule has 1 aliphatic rings. The van der Waals surface area contributed by atoms with Crippen LogP contribution in [-0.4, -0.2) is 39.2 Å². The molecule has 0 radical (unpaired) electrons. The van der Waals surface area contributed by atoms with Crippen LogP contribution < -0.4 is 10.4 Å². The molecule has 2 aromatic rings. The van der Waals surface area contributed by atoms with Crippen molar-refractivity contribution in [2.24, 2.45) is 0 Å². The summed E-state index contributed by atoms with van der Waals surface area (Å²) < 4.78 is 1.03. The number of terminal acetylenes is 1. The molecule has 0 unspecified atom stereocenters. The van der Waals surface area contributed by atoms with Crippen LogP contribution in [0.1, 0.15) is 0 Å². The Hall–Kier alpha value is -1.82. The molecule has 2 aromatic carbocycles. The van der Waals surface area contributed by atoms with Crippen molar-refractivity contribution in [3.05, 3.63) is 60.7 Å². The summed E-state index contributed by atoms with van der Waals surface area (Å²) in [6, 6.07) is 25.0. The van der Waals surface area contributed by atoms with Gasteiger partial charge in [-0.15, -0.1) is 6.42 Å². The SMILES string of the molecule is C#CC[N+]1(C)CC[Si](c2ccccc2)(c2ccccc2)CC1. The third-order valence-electron chi connectivity index (χ3n) is 5.28. The second-order valence-electron chi connectivity index (χ2n) is 6.74. The Bertz CT molecular complexity index is 608. The van der Waals surface area contributed by atoms with E-state index in [2.05, 4.69) is 73.6 Å². The van der Waals surface area contributed by atoms with Crippen LogP contribution in [0.25, 0.3) is 0 Å². The van der Waals surface area contributed by atoms with Gasteiger partial charge in [0.15, 0.2) is 0 Å². The molecule has 112 valence electrons. The number of rotatable bonds is 3. The first-order chi connectivity index (χ1) is 10.7. The van der Waals surface area contributed by atoms with E-state index >= 15 is 0 Å². The number of benzene rings is 2. The highest BCUT2D eigenvalue weighted by molar-refractivity contribution is 7.02. The second kappa shape index (κ2) is 6.12. The van der Waals surface area contributed by atoms with E-state index in [4.69, 9.17) is 6.42 Å². The first-order valence-corrected chi connectivity index (χ1v) is 10.5.